The SMILES string of the molecule is COc1cc(C)n(C)c(=O)c1-c1cc(C)c(F)c([C@H](CC(=O)O)NC(=O)[C@H](CC(C)C)n2cc(CCN(C)C)c(C(F)(F)F)cc2=O)c1. The van der Waals surface area contributed by atoms with Crippen molar-refractivity contribution in [2.75, 3.05) is 27.7 Å². The number of halogens is 4. The molecular weight excluding hydrogens is 636 g/mol. The monoisotopic (exact) mass is 678 g/mol. The Labute approximate surface area is 275 Å². The summed E-state index contributed by atoms with van der Waals surface area (Å²) in [6.07, 6.45) is -4.64. The van der Waals surface area contributed by atoms with Crippen LogP contribution in [0.25, 0.3) is 11.1 Å². The Morgan fingerprint density at radius 3 is 2.27 bits per heavy atom. The van der Waals surface area contributed by atoms with Crippen molar-refractivity contribution in [3.05, 3.63) is 84.9 Å². The highest BCUT2D eigenvalue weighted by molar-refractivity contribution is 5.82. The number of carbonyl (C=O) groups excluding carboxylic acids is 1. The number of nitrogens with one attached hydrogen (secondary N) is 1. The third-order valence-corrected chi connectivity index (χ3v) is 8.13. The summed E-state index contributed by atoms with van der Waals surface area (Å²) in [6.45, 7) is 6.85. The second kappa shape index (κ2) is 15.2. The fraction of sp³-hybridized carbons (Fsp3) is 0.471. The van der Waals surface area contributed by atoms with E-state index in [0.29, 0.717) is 11.8 Å². The molecule has 262 valence electrons. The molecule has 1 aromatic carbocycles. The molecule has 10 nitrogen and oxygen atoms in total. The van der Waals surface area contributed by atoms with Crippen LogP contribution < -0.4 is 21.2 Å². The third kappa shape index (κ3) is 8.71. The largest absolute Gasteiger partial charge is 0.496 e. The molecule has 0 saturated carbocycles. The predicted molar refractivity (Wildman–Crippen MR) is 173 cm³/mol. The van der Waals surface area contributed by atoms with Gasteiger partial charge in [0.25, 0.3) is 11.1 Å². The number of rotatable bonds is 13. The number of aliphatic carboxylic acids is 1. The normalized spacial score (nSPS) is 13.1. The molecular formula is C34H42F4N4O6. The number of hydrogen-bond acceptors (Lipinski definition) is 6. The summed E-state index contributed by atoms with van der Waals surface area (Å²) < 4.78 is 65.3. The van der Waals surface area contributed by atoms with Crippen LogP contribution in [0.5, 0.6) is 5.75 Å². The van der Waals surface area contributed by atoms with Crippen LogP contribution in [0.4, 0.5) is 17.6 Å². The smallest absolute Gasteiger partial charge is 0.416 e. The predicted octanol–water partition coefficient (Wildman–Crippen LogP) is 5.02. The van der Waals surface area contributed by atoms with E-state index < -0.39 is 59.1 Å². The summed E-state index contributed by atoms with van der Waals surface area (Å²) in [7, 11) is 6.29. The Bertz CT molecular complexity index is 1800. The zero-order valence-electron chi connectivity index (χ0n) is 28.3. The first-order valence-electron chi connectivity index (χ1n) is 15.3. The number of nitrogens with zero attached hydrogens (tertiary/aromatic N) is 3. The molecule has 3 aromatic rings. The quantitative estimate of drug-likeness (QED) is 0.244. The van der Waals surface area contributed by atoms with Gasteiger partial charge in [-0.05, 0) is 75.5 Å². The van der Waals surface area contributed by atoms with Gasteiger partial charge >= 0.3 is 12.1 Å². The molecule has 0 aliphatic heterocycles. The van der Waals surface area contributed by atoms with Crippen molar-refractivity contribution < 1.29 is 37.0 Å². The Balaban J connectivity index is 2.19. The summed E-state index contributed by atoms with van der Waals surface area (Å²) in [5.74, 6) is -3.13. The molecule has 0 aliphatic carbocycles. The maximum absolute atomic E-state index is 15.8. The Kier molecular flexibility index (Phi) is 12.0. The van der Waals surface area contributed by atoms with Crippen LogP contribution in [-0.4, -0.2) is 58.8 Å². The van der Waals surface area contributed by atoms with E-state index >= 15 is 4.39 Å². The highest BCUT2D eigenvalue weighted by atomic mass is 19.4. The van der Waals surface area contributed by atoms with Crippen LogP contribution in [-0.2, 0) is 29.2 Å². The topological polar surface area (TPSA) is 123 Å². The van der Waals surface area contributed by atoms with Gasteiger partial charge in [0.2, 0.25) is 5.91 Å². The average Bonchev–Trinajstić information content (AvgIpc) is 2.97. The van der Waals surface area contributed by atoms with Gasteiger partial charge in [-0.25, -0.2) is 4.39 Å². The fourth-order valence-electron chi connectivity index (χ4n) is 5.53. The summed E-state index contributed by atoms with van der Waals surface area (Å²) in [4.78, 5) is 54.1. The molecule has 2 aromatic heterocycles. The number of methoxy groups -OCH3 is 1. The Morgan fingerprint density at radius 1 is 1.08 bits per heavy atom. The van der Waals surface area contributed by atoms with Crippen molar-refractivity contribution in [2.45, 2.75) is 65.2 Å². The van der Waals surface area contributed by atoms with E-state index in [1.807, 2.05) is 0 Å². The number of pyridine rings is 2. The van der Waals surface area contributed by atoms with Crippen LogP contribution >= 0.6 is 0 Å². The van der Waals surface area contributed by atoms with Crippen LogP contribution in [0, 0.1) is 25.6 Å². The van der Waals surface area contributed by atoms with Gasteiger partial charge in [-0.3, -0.25) is 19.2 Å². The molecule has 0 spiro atoms. The lowest BCUT2D eigenvalue weighted by molar-refractivity contribution is -0.139. The molecule has 48 heavy (non-hydrogen) atoms. The first kappa shape index (κ1) is 38.0. The number of aromatic nitrogens is 2. The minimum atomic E-state index is -4.82. The molecule has 0 fully saturated rings. The molecule has 1 amide bonds. The Hall–Kier alpha value is -4.46. The van der Waals surface area contributed by atoms with Gasteiger partial charge in [-0.15, -0.1) is 0 Å². The van der Waals surface area contributed by atoms with Crippen LogP contribution in [0.2, 0.25) is 0 Å². The first-order chi connectivity index (χ1) is 22.3. The second-order valence-electron chi connectivity index (χ2n) is 12.6. The highest BCUT2D eigenvalue weighted by Gasteiger charge is 2.36. The maximum atomic E-state index is 15.8. The van der Waals surface area contributed by atoms with Crippen LogP contribution in [0.15, 0.2) is 40.1 Å². The van der Waals surface area contributed by atoms with Crippen molar-refractivity contribution in [1.29, 1.82) is 0 Å². The summed E-state index contributed by atoms with van der Waals surface area (Å²) >= 11 is 0. The zero-order valence-corrected chi connectivity index (χ0v) is 28.3. The number of carboxylic acids is 1. The lowest BCUT2D eigenvalue weighted by Gasteiger charge is -2.27. The summed E-state index contributed by atoms with van der Waals surface area (Å²) in [6, 6.07) is 1.92. The zero-order chi connectivity index (χ0) is 36.2. The number of likely N-dealkylation sites (N-methyl/N-ethyl adjacent to an activating group) is 1. The lowest BCUT2D eigenvalue weighted by Crippen LogP contribution is -2.41. The van der Waals surface area contributed by atoms with Crippen LogP contribution in [0.1, 0.15) is 66.7 Å². The average molecular weight is 679 g/mol. The van der Waals surface area contributed by atoms with E-state index in [-0.39, 0.29) is 58.9 Å². The minimum Gasteiger partial charge on any atom is -0.496 e. The molecule has 0 saturated heterocycles. The third-order valence-electron chi connectivity index (χ3n) is 8.13. The number of hydrogen-bond donors (Lipinski definition) is 2. The van der Waals surface area contributed by atoms with E-state index in [0.717, 1.165) is 10.8 Å². The number of aryl methyl sites for hydroxylation is 2. The number of ether oxygens (including phenoxy) is 1. The van der Waals surface area contributed by atoms with Gasteiger partial charge in [0.1, 0.15) is 17.6 Å². The maximum Gasteiger partial charge on any atom is 0.416 e. The molecule has 0 radical (unpaired) electrons. The minimum absolute atomic E-state index is 0.00216. The lowest BCUT2D eigenvalue weighted by atomic mass is 9.93. The van der Waals surface area contributed by atoms with Gasteiger partial charge < -0.3 is 29.2 Å². The van der Waals surface area contributed by atoms with Crippen molar-refractivity contribution >= 4 is 11.9 Å². The van der Waals surface area contributed by atoms with Gasteiger partial charge in [-0.1, -0.05) is 13.8 Å². The number of amides is 1. The van der Waals surface area contributed by atoms with Gasteiger partial charge in [0, 0.05) is 43.2 Å². The number of carbonyl (C=O) groups is 2. The van der Waals surface area contributed by atoms with E-state index in [1.165, 1.54) is 30.7 Å². The molecule has 14 heteroatoms. The van der Waals surface area contributed by atoms with E-state index in [2.05, 4.69) is 5.32 Å². The molecule has 2 N–H and O–H groups in total. The van der Waals surface area contributed by atoms with E-state index in [9.17, 15) is 37.5 Å². The number of carboxylic acid groups (broad SMARTS) is 1. The van der Waals surface area contributed by atoms with Crippen molar-refractivity contribution in [3.8, 4) is 16.9 Å². The Morgan fingerprint density at radius 2 is 1.73 bits per heavy atom. The first-order valence-corrected chi connectivity index (χ1v) is 15.3. The van der Waals surface area contributed by atoms with Crippen molar-refractivity contribution in [1.82, 2.24) is 19.4 Å². The van der Waals surface area contributed by atoms with Gasteiger partial charge in [-0.2, -0.15) is 13.2 Å². The summed E-state index contributed by atoms with van der Waals surface area (Å²) in [5.41, 5.74) is -2.10. The van der Waals surface area contributed by atoms with Crippen molar-refractivity contribution in [2.24, 2.45) is 13.0 Å². The van der Waals surface area contributed by atoms with Crippen molar-refractivity contribution in [3.63, 3.8) is 0 Å². The molecule has 2 atom stereocenters. The summed E-state index contributed by atoms with van der Waals surface area (Å²) in [5, 5.41) is 12.3. The molecule has 0 bridgehead atoms. The van der Waals surface area contributed by atoms with Gasteiger partial charge in [0.05, 0.1) is 30.7 Å². The standard InChI is InChI=1S/C34H42F4N4O6/c1-18(2)11-26(42-17-21(9-10-40(5)6)24(15-28(42)43)34(36,37)38)32(46)39-25(16-29(44)45)23-14-22(12-19(3)31(23)35)30-27(48-8)13-20(4)41(7)33(30)47/h12-15,17-18,25-26H,9-11,16H2,1-8H3,(H,39,46)(H,44,45)/t25-,26-/m0/s1. The molecule has 0 aliphatic rings. The molecule has 0 unspecified atom stereocenters. The van der Waals surface area contributed by atoms with Crippen LogP contribution in [0.3, 0.4) is 0 Å². The number of benzene rings is 1. The number of alkyl halides is 3. The second-order valence-corrected chi connectivity index (χ2v) is 12.6. The fourth-order valence-corrected chi connectivity index (χ4v) is 5.53. The van der Waals surface area contributed by atoms with E-state index in [4.69, 9.17) is 4.74 Å². The van der Waals surface area contributed by atoms with Gasteiger partial charge in [0.15, 0.2) is 0 Å². The molecule has 3 rings (SSSR count). The molecule has 2 heterocycles. The highest BCUT2D eigenvalue weighted by Crippen LogP contribution is 2.35. The van der Waals surface area contributed by atoms with E-state index in [1.54, 1.807) is 52.9 Å².